The molecule has 0 heterocycles. The summed E-state index contributed by atoms with van der Waals surface area (Å²) in [4.78, 5) is 75.1. The van der Waals surface area contributed by atoms with Crippen molar-refractivity contribution in [2.45, 2.75) is 71.1 Å². The van der Waals surface area contributed by atoms with Crippen molar-refractivity contribution < 1.29 is 33.9 Å². The van der Waals surface area contributed by atoms with Crippen molar-refractivity contribution >= 4 is 35.4 Å². The van der Waals surface area contributed by atoms with Gasteiger partial charge in [0.15, 0.2) is 0 Å². The number of hydrogen-bond donors (Lipinski definition) is 7. The lowest BCUT2D eigenvalue weighted by atomic mass is 10.0. The van der Waals surface area contributed by atoms with Crippen molar-refractivity contribution in [3.05, 3.63) is 65.7 Å². The first-order chi connectivity index (χ1) is 20.7. The van der Waals surface area contributed by atoms with Crippen LogP contribution in [0.25, 0.3) is 0 Å². The Balaban J connectivity index is 2.00. The highest BCUT2D eigenvalue weighted by Crippen LogP contribution is 2.12. The molecule has 13 nitrogen and oxygen atoms in total. The summed E-state index contributed by atoms with van der Waals surface area (Å²) in [6, 6.07) is 11.0. The van der Waals surface area contributed by atoms with Crippen LogP contribution in [0.1, 0.15) is 45.2 Å². The van der Waals surface area contributed by atoms with Crippen molar-refractivity contribution in [3.63, 3.8) is 0 Å². The number of rotatable bonds is 16. The number of phenols is 1. The number of aromatic hydroxyl groups is 1. The van der Waals surface area contributed by atoms with Gasteiger partial charge < -0.3 is 37.4 Å². The molecule has 8 N–H and O–H groups in total. The van der Waals surface area contributed by atoms with E-state index in [1.54, 1.807) is 36.4 Å². The summed E-state index contributed by atoms with van der Waals surface area (Å²) in [5.74, 6) is -3.57. The van der Waals surface area contributed by atoms with E-state index >= 15 is 0 Å². The maximum atomic E-state index is 13.1. The first-order valence-corrected chi connectivity index (χ1v) is 14.3. The number of carbonyl (C=O) groups is 6. The van der Waals surface area contributed by atoms with Gasteiger partial charge in [-0.15, -0.1) is 0 Å². The maximum absolute atomic E-state index is 13.1. The van der Waals surface area contributed by atoms with Crippen LogP contribution in [0.5, 0.6) is 5.75 Å². The Labute approximate surface area is 256 Å². The van der Waals surface area contributed by atoms with Gasteiger partial charge >= 0.3 is 0 Å². The number of phenolic OH excluding ortho intramolecular Hbond substituents is 1. The zero-order valence-electron chi connectivity index (χ0n) is 25.4. The average molecular weight is 611 g/mol. The van der Waals surface area contributed by atoms with Crippen LogP contribution in [0.2, 0.25) is 0 Å². The van der Waals surface area contributed by atoms with E-state index < -0.39 is 66.2 Å². The molecule has 238 valence electrons. The predicted octanol–water partition coefficient (Wildman–Crippen LogP) is -0.196. The molecule has 44 heavy (non-hydrogen) atoms. The molecule has 0 saturated heterocycles. The number of carbonyl (C=O) groups excluding carboxylic acids is 6. The molecule has 2 aromatic rings. The summed E-state index contributed by atoms with van der Waals surface area (Å²) in [6.45, 7) is 5.95. The second-order valence-corrected chi connectivity index (χ2v) is 11.0. The molecule has 0 saturated carbocycles. The number of nitrogens with one attached hydrogen (secondary N) is 5. The molecule has 0 aliphatic carbocycles. The Morgan fingerprint density at radius 2 is 1.25 bits per heavy atom. The van der Waals surface area contributed by atoms with Gasteiger partial charge in [0, 0.05) is 19.8 Å². The third kappa shape index (κ3) is 12.5. The standard InChI is InChI=1S/C31H42N6O7/c1-18(2)14-24(28(32)41)37-31(44)26(15-21-8-6-5-7-9-21)36-27(40)17-33-29(42)19(3)34-30(43)25(35-20(4)38)16-22-10-12-23(39)13-11-22/h5-13,18-19,24-26,39H,14-17H2,1-4H3,(H2,32,41)(H,33,42)(H,34,43)(H,35,38)(H,36,40)(H,37,44)/t19-,24-,25-,26-/m0/s1. The van der Waals surface area contributed by atoms with Crippen LogP contribution in [-0.2, 0) is 41.6 Å². The molecule has 0 unspecified atom stereocenters. The van der Waals surface area contributed by atoms with E-state index in [1.165, 1.54) is 26.0 Å². The normalized spacial score (nSPS) is 13.5. The molecule has 0 aliphatic heterocycles. The molecule has 0 aliphatic rings. The fourth-order valence-electron chi connectivity index (χ4n) is 4.32. The van der Waals surface area contributed by atoms with Gasteiger partial charge in [-0.25, -0.2) is 0 Å². The van der Waals surface area contributed by atoms with E-state index in [-0.39, 0.29) is 24.5 Å². The highest BCUT2D eigenvalue weighted by atomic mass is 16.3. The quantitative estimate of drug-likeness (QED) is 0.136. The summed E-state index contributed by atoms with van der Waals surface area (Å²) in [5, 5.41) is 22.2. The fraction of sp³-hybridized carbons (Fsp3) is 0.419. The van der Waals surface area contributed by atoms with Crippen LogP contribution in [-0.4, -0.2) is 71.3 Å². The minimum atomic E-state index is -1.07. The molecule has 0 fully saturated rings. The maximum Gasteiger partial charge on any atom is 0.243 e. The third-order valence-electron chi connectivity index (χ3n) is 6.55. The minimum Gasteiger partial charge on any atom is -0.508 e. The lowest BCUT2D eigenvalue weighted by Gasteiger charge is -2.23. The minimum absolute atomic E-state index is 0.0524. The van der Waals surface area contributed by atoms with E-state index in [4.69, 9.17) is 5.73 Å². The number of hydrogen-bond acceptors (Lipinski definition) is 7. The molecule has 2 rings (SSSR count). The molecule has 4 atom stereocenters. The summed E-state index contributed by atoms with van der Waals surface area (Å²) in [5.41, 5.74) is 6.90. The van der Waals surface area contributed by atoms with Crippen LogP contribution in [0.3, 0.4) is 0 Å². The first kappa shape index (κ1) is 35.3. The van der Waals surface area contributed by atoms with Crippen molar-refractivity contribution in [3.8, 4) is 5.75 Å². The molecule has 0 aromatic heterocycles. The van der Waals surface area contributed by atoms with Gasteiger partial charge in [-0.1, -0.05) is 56.3 Å². The summed E-state index contributed by atoms with van der Waals surface area (Å²) in [6.07, 6.45) is 0.559. The van der Waals surface area contributed by atoms with Gasteiger partial charge in [0.2, 0.25) is 35.4 Å². The molecule has 6 amide bonds. The lowest BCUT2D eigenvalue weighted by Crippen LogP contribution is -2.56. The summed E-state index contributed by atoms with van der Waals surface area (Å²) < 4.78 is 0. The van der Waals surface area contributed by atoms with Gasteiger partial charge in [-0.2, -0.15) is 0 Å². The van der Waals surface area contributed by atoms with Crippen LogP contribution in [0.4, 0.5) is 0 Å². The van der Waals surface area contributed by atoms with Crippen molar-refractivity contribution in [2.24, 2.45) is 11.7 Å². The molecule has 0 bridgehead atoms. The van der Waals surface area contributed by atoms with E-state index in [0.29, 0.717) is 12.0 Å². The second kappa shape index (κ2) is 17.2. The van der Waals surface area contributed by atoms with E-state index in [1.807, 2.05) is 19.9 Å². The second-order valence-electron chi connectivity index (χ2n) is 11.0. The van der Waals surface area contributed by atoms with Crippen molar-refractivity contribution in [1.29, 1.82) is 0 Å². The number of benzene rings is 2. The average Bonchev–Trinajstić information content (AvgIpc) is 2.95. The number of primary amides is 1. The predicted molar refractivity (Wildman–Crippen MR) is 163 cm³/mol. The molecule has 2 aromatic carbocycles. The number of nitrogens with two attached hydrogens (primary N) is 1. The molecular weight excluding hydrogens is 568 g/mol. The molecule has 0 spiro atoms. The molecular formula is C31H42N6O7. The summed E-state index contributed by atoms with van der Waals surface area (Å²) in [7, 11) is 0. The van der Waals surface area contributed by atoms with Gasteiger partial charge in [0.25, 0.3) is 0 Å². The van der Waals surface area contributed by atoms with Gasteiger partial charge in [-0.05, 0) is 42.5 Å². The Kier molecular flexibility index (Phi) is 13.8. The molecule has 0 radical (unpaired) electrons. The van der Waals surface area contributed by atoms with Crippen molar-refractivity contribution in [2.75, 3.05) is 6.54 Å². The fourth-order valence-corrected chi connectivity index (χ4v) is 4.32. The highest BCUT2D eigenvalue weighted by molar-refractivity contribution is 5.95. The van der Waals surface area contributed by atoms with Gasteiger partial charge in [0.05, 0.1) is 6.54 Å². The first-order valence-electron chi connectivity index (χ1n) is 14.3. The zero-order chi connectivity index (χ0) is 32.8. The van der Waals surface area contributed by atoms with Crippen molar-refractivity contribution in [1.82, 2.24) is 26.6 Å². The van der Waals surface area contributed by atoms with Crippen LogP contribution in [0.15, 0.2) is 54.6 Å². The summed E-state index contributed by atoms with van der Waals surface area (Å²) >= 11 is 0. The largest absolute Gasteiger partial charge is 0.508 e. The van der Waals surface area contributed by atoms with Crippen LogP contribution in [0, 0.1) is 5.92 Å². The Morgan fingerprint density at radius 1 is 0.705 bits per heavy atom. The SMILES string of the molecule is CC(=O)N[C@@H](Cc1ccc(O)cc1)C(=O)N[C@@H](C)C(=O)NCC(=O)N[C@@H](Cc1ccccc1)C(=O)N[C@@H](CC(C)C)C(N)=O. The van der Waals surface area contributed by atoms with E-state index in [0.717, 1.165) is 5.56 Å². The lowest BCUT2D eigenvalue weighted by molar-refractivity contribution is -0.133. The van der Waals surface area contributed by atoms with Crippen LogP contribution >= 0.6 is 0 Å². The Morgan fingerprint density at radius 3 is 1.80 bits per heavy atom. The van der Waals surface area contributed by atoms with E-state index in [9.17, 15) is 33.9 Å². The van der Waals surface area contributed by atoms with Crippen LogP contribution < -0.4 is 32.3 Å². The van der Waals surface area contributed by atoms with Gasteiger partial charge in [0.1, 0.15) is 29.9 Å². The highest BCUT2D eigenvalue weighted by Gasteiger charge is 2.28. The Hall–Kier alpha value is -4.94. The topological polar surface area (TPSA) is 209 Å². The van der Waals surface area contributed by atoms with E-state index in [2.05, 4.69) is 26.6 Å². The Bertz CT molecular complexity index is 1300. The smallest absolute Gasteiger partial charge is 0.243 e. The number of amides is 6. The molecule has 13 heteroatoms. The monoisotopic (exact) mass is 610 g/mol. The third-order valence-corrected chi connectivity index (χ3v) is 6.55. The zero-order valence-corrected chi connectivity index (χ0v) is 25.4. The van der Waals surface area contributed by atoms with Gasteiger partial charge in [-0.3, -0.25) is 28.8 Å².